The first kappa shape index (κ1) is 15.0. The lowest BCUT2D eigenvalue weighted by Crippen LogP contribution is -2.40. The first-order chi connectivity index (χ1) is 9.74. The summed E-state index contributed by atoms with van der Waals surface area (Å²) < 4.78 is 6.02. The molecule has 1 atom stereocenters. The molecule has 2 N–H and O–H groups in total. The highest BCUT2D eigenvalue weighted by Crippen LogP contribution is 2.35. The van der Waals surface area contributed by atoms with E-state index in [1.165, 1.54) is 37.8 Å². The van der Waals surface area contributed by atoms with Gasteiger partial charge >= 0.3 is 0 Å². The number of nitrogens with zero attached hydrogens (tertiary/aromatic N) is 1. The Labute approximate surface area is 123 Å². The maximum absolute atomic E-state index is 6.02. The number of nitrogens with two attached hydrogens (primary N) is 1. The number of unbranched alkanes of at least 4 members (excludes halogenated alkanes) is 4. The molecule has 1 unspecified atom stereocenters. The predicted octanol–water partition coefficient (Wildman–Crippen LogP) is 4.22. The van der Waals surface area contributed by atoms with Gasteiger partial charge in [-0.25, -0.2) is 0 Å². The SMILES string of the molecule is CCCCCCCN1CC(CC)Oc2cc(N)ccc21. The highest BCUT2D eigenvalue weighted by atomic mass is 16.5. The highest BCUT2D eigenvalue weighted by molar-refractivity contribution is 5.65. The van der Waals surface area contributed by atoms with Gasteiger partial charge in [0.05, 0.1) is 12.2 Å². The summed E-state index contributed by atoms with van der Waals surface area (Å²) in [5.74, 6) is 0.955. The molecule has 0 bridgehead atoms. The number of hydrogen-bond acceptors (Lipinski definition) is 3. The third kappa shape index (κ3) is 3.81. The molecular formula is C17H28N2O. The molecule has 0 radical (unpaired) electrons. The molecule has 0 spiro atoms. The van der Waals surface area contributed by atoms with Crippen molar-refractivity contribution in [1.29, 1.82) is 0 Å². The fourth-order valence-corrected chi connectivity index (χ4v) is 2.78. The minimum Gasteiger partial charge on any atom is -0.486 e. The lowest BCUT2D eigenvalue weighted by Gasteiger charge is -2.36. The van der Waals surface area contributed by atoms with Crippen molar-refractivity contribution in [3.05, 3.63) is 18.2 Å². The number of anilines is 2. The molecule has 2 rings (SSSR count). The van der Waals surface area contributed by atoms with Crippen LogP contribution in [0.1, 0.15) is 52.4 Å². The molecule has 1 aromatic carbocycles. The van der Waals surface area contributed by atoms with Crippen LogP contribution in [-0.2, 0) is 0 Å². The summed E-state index contributed by atoms with van der Waals surface area (Å²) in [5.41, 5.74) is 7.86. The number of hydrogen-bond donors (Lipinski definition) is 1. The molecule has 112 valence electrons. The zero-order chi connectivity index (χ0) is 14.4. The largest absolute Gasteiger partial charge is 0.486 e. The second-order valence-electron chi connectivity index (χ2n) is 5.74. The molecule has 0 aliphatic carbocycles. The first-order valence-corrected chi connectivity index (χ1v) is 8.05. The van der Waals surface area contributed by atoms with Crippen molar-refractivity contribution >= 4 is 11.4 Å². The second-order valence-corrected chi connectivity index (χ2v) is 5.74. The third-order valence-corrected chi connectivity index (χ3v) is 4.03. The van der Waals surface area contributed by atoms with Gasteiger partial charge in [-0.05, 0) is 25.0 Å². The minimum absolute atomic E-state index is 0.292. The maximum Gasteiger partial charge on any atom is 0.145 e. The van der Waals surface area contributed by atoms with Crippen LogP contribution in [0.25, 0.3) is 0 Å². The molecule has 3 heteroatoms. The molecule has 1 heterocycles. The standard InChI is InChI=1S/C17H28N2O/c1-3-5-6-7-8-11-19-13-15(4-2)20-17-12-14(18)9-10-16(17)19/h9-10,12,15H,3-8,11,13,18H2,1-2H3. The molecule has 1 aromatic rings. The second kappa shape index (κ2) is 7.41. The summed E-state index contributed by atoms with van der Waals surface area (Å²) in [6.07, 6.45) is 7.94. The van der Waals surface area contributed by atoms with E-state index in [4.69, 9.17) is 10.5 Å². The molecule has 0 aromatic heterocycles. The van der Waals surface area contributed by atoms with Gasteiger partial charge in [-0.1, -0.05) is 39.5 Å². The van der Waals surface area contributed by atoms with Gasteiger partial charge in [-0.15, -0.1) is 0 Å². The van der Waals surface area contributed by atoms with Gasteiger partial charge in [0.2, 0.25) is 0 Å². The summed E-state index contributed by atoms with van der Waals surface area (Å²) in [6, 6.07) is 6.03. The molecule has 0 amide bonds. The van der Waals surface area contributed by atoms with Crippen LogP contribution in [0.2, 0.25) is 0 Å². The van der Waals surface area contributed by atoms with Crippen LogP contribution in [0.15, 0.2) is 18.2 Å². The normalized spacial score (nSPS) is 17.7. The summed E-state index contributed by atoms with van der Waals surface area (Å²) in [6.45, 7) is 6.57. The van der Waals surface area contributed by atoms with Crippen molar-refractivity contribution in [3.8, 4) is 5.75 Å². The summed E-state index contributed by atoms with van der Waals surface area (Å²) in [5, 5.41) is 0. The van der Waals surface area contributed by atoms with Gasteiger partial charge in [0.15, 0.2) is 0 Å². The molecule has 0 fully saturated rings. The Morgan fingerprint density at radius 1 is 1.20 bits per heavy atom. The van der Waals surface area contributed by atoms with Crippen LogP contribution in [0.4, 0.5) is 11.4 Å². The molecular weight excluding hydrogens is 248 g/mol. The number of benzene rings is 1. The summed E-state index contributed by atoms with van der Waals surface area (Å²) in [4.78, 5) is 2.47. The van der Waals surface area contributed by atoms with E-state index in [1.807, 2.05) is 12.1 Å². The van der Waals surface area contributed by atoms with E-state index < -0.39 is 0 Å². The van der Waals surface area contributed by atoms with Crippen LogP contribution in [0.5, 0.6) is 5.75 Å². The fourth-order valence-electron chi connectivity index (χ4n) is 2.78. The number of rotatable bonds is 7. The highest BCUT2D eigenvalue weighted by Gasteiger charge is 2.24. The van der Waals surface area contributed by atoms with Crippen molar-refractivity contribution < 1.29 is 4.74 Å². The Hall–Kier alpha value is -1.38. The van der Waals surface area contributed by atoms with E-state index in [9.17, 15) is 0 Å². The Morgan fingerprint density at radius 3 is 2.75 bits per heavy atom. The van der Waals surface area contributed by atoms with Crippen LogP contribution < -0.4 is 15.4 Å². The Balaban J connectivity index is 1.97. The monoisotopic (exact) mass is 276 g/mol. The smallest absolute Gasteiger partial charge is 0.145 e. The zero-order valence-electron chi connectivity index (χ0n) is 12.9. The van der Waals surface area contributed by atoms with Crippen molar-refractivity contribution in [3.63, 3.8) is 0 Å². The summed E-state index contributed by atoms with van der Waals surface area (Å²) >= 11 is 0. The molecule has 3 nitrogen and oxygen atoms in total. The van der Waals surface area contributed by atoms with Crippen molar-refractivity contribution in [2.75, 3.05) is 23.7 Å². The van der Waals surface area contributed by atoms with Gasteiger partial charge in [0.25, 0.3) is 0 Å². The van der Waals surface area contributed by atoms with E-state index in [0.29, 0.717) is 6.10 Å². The van der Waals surface area contributed by atoms with E-state index in [0.717, 1.165) is 30.9 Å². The molecule has 0 saturated heterocycles. The molecule has 20 heavy (non-hydrogen) atoms. The van der Waals surface area contributed by atoms with Crippen LogP contribution >= 0.6 is 0 Å². The van der Waals surface area contributed by atoms with Gasteiger partial charge in [0.1, 0.15) is 11.9 Å². The molecule has 0 saturated carbocycles. The zero-order valence-corrected chi connectivity index (χ0v) is 12.9. The quantitative estimate of drug-likeness (QED) is 0.598. The maximum atomic E-state index is 6.02. The van der Waals surface area contributed by atoms with E-state index in [1.54, 1.807) is 0 Å². The average molecular weight is 276 g/mol. The topological polar surface area (TPSA) is 38.5 Å². The van der Waals surface area contributed by atoms with Gasteiger partial charge in [0, 0.05) is 18.3 Å². The Morgan fingerprint density at radius 2 is 2.00 bits per heavy atom. The van der Waals surface area contributed by atoms with Crippen molar-refractivity contribution in [1.82, 2.24) is 0 Å². The molecule has 1 aliphatic heterocycles. The van der Waals surface area contributed by atoms with Crippen LogP contribution in [0.3, 0.4) is 0 Å². The van der Waals surface area contributed by atoms with E-state index in [2.05, 4.69) is 24.8 Å². The van der Waals surface area contributed by atoms with Gasteiger partial charge in [-0.2, -0.15) is 0 Å². The average Bonchev–Trinajstić information content (AvgIpc) is 2.46. The van der Waals surface area contributed by atoms with E-state index >= 15 is 0 Å². The first-order valence-electron chi connectivity index (χ1n) is 8.05. The van der Waals surface area contributed by atoms with Crippen molar-refractivity contribution in [2.24, 2.45) is 0 Å². The number of fused-ring (bicyclic) bond motifs is 1. The lowest BCUT2D eigenvalue weighted by atomic mass is 10.1. The van der Waals surface area contributed by atoms with Gasteiger partial charge in [-0.3, -0.25) is 0 Å². The van der Waals surface area contributed by atoms with Crippen molar-refractivity contribution in [2.45, 2.75) is 58.5 Å². The predicted molar refractivity (Wildman–Crippen MR) is 86.5 cm³/mol. The van der Waals surface area contributed by atoms with Gasteiger partial charge < -0.3 is 15.4 Å². The van der Waals surface area contributed by atoms with Crippen LogP contribution in [-0.4, -0.2) is 19.2 Å². The third-order valence-electron chi connectivity index (χ3n) is 4.03. The summed E-state index contributed by atoms with van der Waals surface area (Å²) in [7, 11) is 0. The number of nitrogen functional groups attached to an aromatic ring is 1. The minimum atomic E-state index is 0.292. The Bertz CT molecular complexity index is 419. The lowest BCUT2D eigenvalue weighted by molar-refractivity contribution is 0.189. The fraction of sp³-hybridized carbons (Fsp3) is 0.647. The Kier molecular flexibility index (Phi) is 5.57. The van der Waals surface area contributed by atoms with E-state index in [-0.39, 0.29) is 0 Å². The number of ether oxygens (including phenoxy) is 1. The van der Waals surface area contributed by atoms with Crippen LogP contribution in [0, 0.1) is 0 Å². The molecule has 1 aliphatic rings.